The van der Waals surface area contributed by atoms with E-state index in [9.17, 15) is 4.79 Å². The lowest BCUT2D eigenvalue weighted by atomic mass is 9.96. The number of allylic oxidation sites excluding steroid dienone is 8. The highest BCUT2D eigenvalue weighted by atomic mass is 16.1. The maximum atomic E-state index is 12.1. The fraction of sp³-hybridized carbons (Fsp3) is 0. The van der Waals surface area contributed by atoms with E-state index in [1.54, 1.807) is 12.2 Å². The van der Waals surface area contributed by atoms with Gasteiger partial charge >= 0.3 is 0 Å². The van der Waals surface area contributed by atoms with Gasteiger partial charge in [-0.2, -0.15) is 0 Å². The number of ketones is 1. The second-order valence-corrected chi connectivity index (χ2v) is 10.7. The molecule has 0 radical (unpaired) electrons. The van der Waals surface area contributed by atoms with Crippen LogP contribution in [0.4, 0.5) is 0 Å². The first-order valence-corrected chi connectivity index (χ1v) is 14.3. The molecule has 3 aromatic heterocycles. The molecular formula is C38H26N4O. The van der Waals surface area contributed by atoms with Gasteiger partial charge < -0.3 is 15.0 Å². The zero-order valence-corrected chi connectivity index (χ0v) is 23.1. The number of carbonyl (C=O) groups excluding carboxylic acids is 1. The van der Waals surface area contributed by atoms with Gasteiger partial charge in [0.2, 0.25) is 0 Å². The molecule has 2 aromatic carbocycles. The Morgan fingerprint density at radius 3 is 1.91 bits per heavy atom. The minimum Gasteiger partial charge on any atom is -0.355 e. The molecule has 1 aliphatic carbocycles. The van der Waals surface area contributed by atoms with Crippen LogP contribution in [-0.2, 0) is 4.79 Å². The van der Waals surface area contributed by atoms with E-state index in [0.717, 1.165) is 78.3 Å². The van der Waals surface area contributed by atoms with Crippen molar-refractivity contribution < 1.29 is 4.79 Å². The molecule has 5 heteroatoms. The summed E-state index contributed by atoms with van der Waals surface area (Å²) >= 11 is 0. The standard InChI is InChI=1S/C38H26N4O/c43-29-15-11-26(12-16-29)38-34-21-19-32(41-34)36(24-7-3-1-4-8-24)30-17-13-27(39-30)23-28-14-18-31(40-28)37(25-9-5-2-6-10-25)33-20-22-35(38)42-33/h1-23,39-41H/b27-23-,36-30-,37-33-. The molecule has 8 rings (SSSR count). The Balaban J connectivity index is 1.45. The molecule has 43 heavy (non-hydrogen) atoms. The van der Waals surface area contributed by atoms with Crippen LogP contribution in [0.2, 0.25) is 0 Å². The molecule has 5 nitrogen and oxygen atoms in total. The molecule has 0 amide bonds. The van der Waals surface area contributed by atoms with Crippen molar-refractivity contribution in [1.29, 1.82) is 0 Å². The molecule has 8 bridgehead atoms. The Labute approximate surface area is 248 Å². The number of nitrogens with one attached hydrogen (secondary N) is 3. The fourth-order valence-electron chi connectivity index (χ4n) is 5.95. The Bertz CT molecular complexity index is 2210. The predicted molar refractivity (Wildman–Crippen MR) is 172 cm³/mol. The summed E-state index contributed by atoms with van der Waals surface area (Å²) in [6.45, 7) is 0. The van der Waals surface area contributed by atoms with E-state index in [-0.39, 0.29) is 5.78 Å². The molecule has 0 saturated heterocycles. The smallest absolute Gasteiger partial charge is 0.178 e. The first-order valence-electron chi connectivity index (χ1n) is 14.3. The van der Waals surface area contributed by atoms with E-state index in [0.29, 0.717) is 0 Å². The van der Waals surface area contributed by atoms with Crippen molar-refractivity contribution in [2.75, 3.05) is 0 Å². The third-order valence-corrected chi connectivity index (χ3v) is 7.91. The van der Waals surface area contributed by atoms with Crippen molar-refractivity contribution >= 4 is 34.3 Å². The number of rotatable bonds is 2. The average molecular weight is 555 g/mol. The van der Waals surface area contributed by atoms with Gasteiger partial charge in [0.05, 0.1) is 11.4 Å². The summed E-state index contributed by atoms with van der Waals surface area (Å²) < 4.78 is 0. The molecule has 5 heterocycles. The number of hydrogen-bond acceptors (Lipinski definition) is 2. The molecule has 5 aromatic rings. The predicted octanol–water partition coefficient (Wildman–Crippen LogP) is 5.98. The van der Waals surface area contributed by atoms with Crippen molar-refractivity contribution in [2.24, 2.45) is 4.99 Å². The molecular weight excluding hydrogens is 528 g/mol. The van der Waals surface area contributed by atoms with Gasteiger partial charge in [0.15, 0.2) is 5.78 Å². The summed E-state index contributed by atoms with van der Waals surface area (Å²) in [6.07, 6.45) is 13.2. The summed E-state index contributed by atoms with van der Waals surface area (Å²) in [7, 11) is 0. The van der Waals surface area contributed by atoms with Crippen LogP contribution in [-0.4, -0.2) is 26.4 Å². The van der Waals surface area contributed by atoms with E-state index >= 15 is 0 Å². The molecule has 0 fully saturated rings. The molecule has 0 saturated carbocycles. The number of aromatic amines is 3. The summed E-state index contributed by atoms with van der Waals surface area (Å²) in [5.41, 5.74) is 11.7. The van der Waals surface area contributed by atoms with Gasteiger partial charge in [0.1, 0.15) is 0 Å². The molecule has 0 unspecified atom stereocenters. The van der Waals surface area contributed by atoms with Crippen LogP contribution < -0.4 is 10.7 Å². The number of hydrogen-bond donors (Lipinski definition) is 3. The zero-order chi connectivity index (χ0) is 28.8. The second kappa shape index (κ2) is 10.2. The summed E-state index contributed by atoms with van der Waals surface area (Å²) in [4.78, 5) is 28.3. The van der Waals surface area contributed by atoms with E-state index in [4.69, 9.17) is 4.99 Å². The summed E-state index contributed by atoms with van der Waals surface area (Å²) in [5.74, 6) is -0.0258. The SMILES string of the molecule is O=C1C=CC(=C2C3=N/C(=C(/c4ccccc4)c4ccc([nH]4)/C=c4/cc/c([nH]4)=C(\c4ccccc4)c4ccc2[nH]4)C=C3)C=C1. The Morgan fingerprint density at radius 1 is 0.512 bits per heavy atom. The average Bonchev–Trinajstić information content (AvgIpc) is 3.86. The van der Waals surface area contributed by atoms with Crippen LogP contribution in [0, 0.1) is 0 Å². The first kappa shape index (κ1) is 24.8. The molecule has 0 atom stereocenters. The third kappa shape index (κ3) is 4.53. The summed E-state index contributed by atoms with van der Waals surface area (Å²) in [5, 5.41) is 2.00. The van der Waals surface area contributed by atoms with Crippen molar-refractivity contribution in [3.05, 3.63) is 189 Å². The molecule has 3 aliphatic rings. The van der Waals surface area contributed by atoms with Gasteiger partial charge in [-0.1, -0.05) is 72.8 Å². The van der Waals surface area contributed by atoms with Gasteiger partial charge in [-0.3, -0.25) is 4.79 Å². The Hall–Kier alpha value is -5.94. The van der Waals surface area contributed by atoms with E-state index in [1.165, 1.54) is 0 Å². The van der Waals surface area contributed by atoms with E-state index in [2.05, 4.69) is 106 Å². The lowest BCUT2D eigenvalue weighted by Gasteiger charge is -2.12. The van der Waals surface area contributed by atoms with Crippen LogP contribution in [0.15, 0.2) is 150 Å². The maximum Gasteiger partial charge on any atom is 0.178 e. The lowest BCUT2D eigenvalue weighted by molar-refractivity contribution is -0.110. The number of benzene rings is 2. The molecule has 204 valence electrons. The van der Waals surface area contributed by atoms with Gasteiger partial charge in [-0.05, 0) is 83.5 Å². The van der Waals surface area contributed by atoms with Gasteiger partial charge in [0.25, 0.3) is 0 Å². The van der Waals surface area contributed by atoms with E-state index in [1.807, 2.05) is 36.4 Å². The molecule has 2 aliphatic heterocycles. The highest BCUT2D eigenvalue weighted by Crippen LogP contribution is 2.34. The number of carbonyl (C=O) groups is 1. The zero-order valence-electron chi connectivity index (χ0n) is 23.1. The van der Waals surface area contributed by atoms with Gasteiger partial charge in [-0.25, -0.2) is 4.99 Å². The number of fused-ring (bicyclic) bond motifs is 7. The highest BCUT2D eigenvalue weighted by molar-refractivity contribution is 6.32. The summed E-state index contributed by atoms with van der Waals surface area (Å²) in [6, 6.07) is 33.4. The van der Waals surface area contributed by atoms with Gasteiger partial charge in [-0.15, -0.1) is 0 Å². The van der Waals surface area contributed by atoms with Gasteiger partial charge in [0, 0.05) is 50.2 Å². The quantitative estimate of drug-likeness (QED) is 0.247. The topological polar surface area (TPSA) is 76.8 Å². The van der Waals surface area contributed by atoms with Crippen LogP contribution in [0.1, 0.15) is 33.9 Å². The van der Waals surface area contributed by atoms with E-state index < -0.39 is 0 Å². The van der Waals surface area contributed by atoms with Crippen molar-refractivity contribution in [3.63, 3.8) is 0 Å². The normalized spacial score (nSPS) is 19.5. The molecule has 3 N–H and O–H groups in total. The third-order valence-electron chi connectivity index (χ3n) is 7.91. The van der Waals surface area contributed by atoms with Crippen LogP contribution in [0.3, 0.4) is 0 Å². The van der Waals surface area contributed by atoms with Crippen LogP contribution in [0.5, 0.6) is 0 Å². The monoisotopic (exact) mass is 554 g/mol. The minimum absolute atomic E-state index is 0.0258. The largest absolute Gasteiger partial charge is 0.355 e. The second-order valence-electron chi connectivity index (χ2n) is 10.7. The number of aliphatic imine (C=N–C) groups is 1. The van der Waals surface area contributed by atoms with Crippen LogP contribution in [0.25, 0.3) is 22.8 Å². The maximum absolute atomic E-state index is 12.1. The number of nitrogens with zero attached hydrogens (tertiary/aromatic N) is 1. The lowest BCUT2D eigenvalue weighted by Crippen LogP contribution is -2.14. The van der Waals surface area contributed by atoms with Crippen molar-refractivity contribution in [3.8, 4) is 0 Å². The fourth-order valence-corrected chi connectivity index (χ4v) is 5.95. The molecule has 0 spiro atoms. The van der Waals surface area contributed by atoms with Crippen molar-refractivity contribution in [1.82, 2.24) is 15.0 Å². The Kier molecular flexibility index (Phi) is 5.86. The number of aromatic nitrogens is 3. The van der Waals surface area contributed by atoms with Crippen molar-refractivity contribution in [2.45, 2.75) is 0 Å². The highest BCUT2D eigenvalue weighted by Gasteiger charge is 2.22. The minimum atomic E-state index is -0.0258. The number of H-pyrrole nitrogens is 3. The Morgan fingerprint density at radius 2 is 1.16 bits per heavy atom. The first-order chi connectivity index (χ1) is 21.2. The van der Waals surface area contributed by atoms with Crippen LogP contribution >= 0.6 is 0 Å².